The summed E-state index contributed by atoms with van der Waals surface area (Å²) >= 11 is 8.89. The van der Waals surface area contributed by atoms with E-state index >= 15 is 0 Å². The zero-order valence-corrected chi connectivity index (χ0v) is 19.6. The van der Waals surface area contributed by atoms with E-state index in [1.54, 1.807) is 6.21 Å². The normalized spacial score (nSPS) is 11.1. The average Bonchev–Trinajstić information content (AvgIpc) is 3.13. The lowest BCUT2D eigenvalue weighted by atomic mass is 10.1. The van der Waals surface area contributed by atoms with E-state index in [0.717, 1.165) is 43.6 Å². The van der Waals surface area contributed by atoms with Gasteiger partial charge < -0.3 is 15.2 Å². The second-order valence-corrected chi connectivity index (χ2v) is 8.56. The molecule has 4 rings (SSSR count). The molecule has 156 valence electrons. The van der Waals surface area contributed by atoms with Gasteiger partial charge in [0.2, 0.25) is 0 Å². The Kier molecular flexibility index (Phi) is 6.34. The third kappa shape index (κ3) is 4.95. The third-order valence-corrected chi connectivity index (χ3v) is 5.60. The predicted molar refractivity (Wildman–Crippen MR) is 139 cm³/mol. The molecule has 5 nitrogen and oxygen atoms in total. The molecule has 1 aromatic heterocycles. The monoisotopic (exact) mass is 491 g/mol. The summed E-state index contributed by atoms with van der Waals surface area (Å²) < 4.78 is 1.04. The summed E-state index contributed by atoms with van der Waals surface area (Å²) in [7, 11) is 4.02. The largest absolute Gasteiger partial charge is 0.378 e. The van der Waals surface area contributed by atoms with Crippen molar-refractivity contribution in [2.24, 2.45) is 5.10 Å². The van der Waals surface area contributed by atoms with Gasteiger partial charge in [-0.2, -0.15) is 5.10 Å². The van der Waals surface area contributed by atoms with E-state index in [4.69, 9.17) is 12.2 Å². The van der Waals surface area contributed by atoms with Crippen molar-refractivity contribution in [3.8, 4) is 11.3 Å². The number of aromatic amines is 1. The predicted octanol–water partition coefficient (Wildman–Crippen LogP) is 5.98. The van der Waals surface area contributed by atoms with Crippen molar-refractivity contribution >= 4 is 61.8 Å². The van der Waals surface area contributed by atoms with Crippen LogP contribution in [-0.2, 0) is 0 Å². The van der Waals surface area contributed by atoms with Gasteiger partial charge in [-0.1, -0.05) is 46.3 Å². The first-order valence-corrected chi connectivity index (χ1v) is 11.0. The number of hydrogen-bond acceptors (Lipinski definition) is 3. The highest BCUT2D eigenvalue weighted by atomic mass is 79.9. The number of rotatable bonds is 5. The molecule has 1 heterocycles. The number of fused-ring (bicyclic) bond motifs is 1. The first-order chi connectivity index (χ1) is 15.0. The zero-order chi connectivity index (χ0) is 21.8. The molecule has 0 fully saturated rings. The third-order valence-electron chi connectivity index (χ3n) is 4.88. The summed E-state index contributed by atoms with van der Waals surface area (Å²) in [5, 5.41) is 9.08. The number of benzene rings is 3. The molecule has 0 spiro atoms. The van der Waals surface area contributed by atoms with Crippen LogP contribution in [0.4, 0.5) is 11.4 Å². The Morgan fingerprint density at radius 2 is 1.71 bits per heavy atom. The van der Waals surface area contributed by atoms with Crippen LogP contribution in [0.1, 0.15) is 5.56 Å². The molecule has 0 aliphatic heterocycles. The van der Waals surface area contributed by atoms with E-state index in [9.17, 15) is 0 Å². The molecule has 0 saturated heterocycles. The Morgan fingerprint density at radius 3 is 2.42 bits per heavy atom. The van der Waals surface area contributed by atoms with Crippen molar-refractivity contribution in [1.29, 1.82) is 0 Å². The van der Waals surface area contributed by atoms with Gasteiger partial charge in [-0.15, -0.1) is 0 Å². The number of hydrazone groups is 1. The number of H-pyrrole nitrogens is 1. The maximum Gasteiger partial charge on any atom is 0.191 e. The maximum atomic E-state index is 5.39. The molecule has 0 bridgehead atoms. The standard InChI is InChI=1S/C24H22BrN5S/c1-30(2)19-13-11-18(12-14-19)27-24(31)29-26-15-21-20-5-3-4-6-22(20)28-23(21)16-7-9-17(25)10-8-16/h3-15,28H,1-2H3,(H2,27,29,31)/b26-15+. The van der Waals surface area contributed by atoms with Gasteiger partial charge in [-0.25, -0.2) is 0 Å². The van der Waals surface area contributed by atoms with Crippen molar-refractivity contribution in [1.82, 2.24) is 10.4 Å². The van der Waals surface area contributed by atoms with Crippen LogP contribution in [0.2, 0.25) is 0 Å². The maximum absolute atomic E-state index is 5.39. The summed E-state index contributed by atoms with van der Waals surface area (Å²) in [6.07, 6.45) is 1.80. The molecule has 0 unspecified atom stereocenters. The quantitative estimate of drug-likeness (QED) is 0.182. The fraction of sp³-hybridized carbons (Fsp3) is 0.0833. The minimum Gasteiger partial charge on any atom is -0.378 e. The van der Waals surface area contributed by atoms with Crippen molar-refractivity contribution < 1.29 is 0 Å². The number of para-hydroxylation sites is 1. The van der Waals surface area contributed by atoms with E-state index in [1.807, 2.05) is 62.6 Å². The summed E-state index contributed by atoms with van der Waals surface area (Å²) in [6, 6.07) is 24.4. The Balaban J connectivity index is 1.53. The molecule has 0 radical (unpaired) electrons. The van der Waals surface area contributed by atoms with Gasteiger partial charge in [0.05, 0.1) is 11.9 Å². The molecular weight excluding hydrogens is 470 g/mol. The first-order valence-electron chi connectivity index (χ1n) is 9.75. The van der Waals surface area contributed by atoms with E-state index < -0.39 is 0 Å². The highest BCUT2D eigenvalue weighted by Gasteiger charge is 2.11. The molecule has 3 aromatic carbocycles. The summed E-state index contributed by atoms with van der Waals surface area (Å²) in [5.41, 5.74) is 9.11. The zero-order valence-electron chi connectivity index (χ0n) is 17.2. The van der Waals surface area contributed by atoms with Crippen molar-refractivity contribution in [3.05, 3.63) is 82.8 Å². The van der Waals surface area contributed by atoms with Crippen LogP contribution in [0.15, 0.2) is 82.4 Å². The van der Waals surface area contributed by atoms with E-state index in [1.165, 1.54) is 0 Å². The average molecular weight is 492 g/mol. The first kappa shape index (κ1) is 21.1. The van der Waals surface area contributed by atoms with Crippen molar-refractivity contribution in [3.63, 3.8) is 0 Å². The van der Waals surface area contributed by atoms with Crippen LogP contribution in [0.5, 0.6) is 0 Å². The molecule has 0 aliphatic carbocycles. The molecule has 0 aliphatic rings. The summed E-state index contributed by atoms with van der Waals surface area (Å²) in [4.78, 5) is 5.56. The summed E-state index contributed by atoms with van der Waals surface area (Å²) in [5.74, 6) is 0. The van der Waals surface area contributed by atoms with E-state index in [2.05, 4.69) is 65.9 Å². The minimum absolute atomic E-state index is 0.430. The Labute approximate surface area is 195 Å². The van der Waals surface area contributed by atoms with E-state index in [-0.39, 0.29) is 0 Å². The fourth-order valence-electron chi connectivity index (χ4n) is 3.30. The van der Waals surface area contributed by atoms with Gasteiger partial charge in [0.25, 0.3) is 0 Å². The van der Waals surface area contributed by atoms with Gasteiger partial charge >= 0.3 is 0 Å². The SMILES string of the molecule is CN(C)c1ccc(NC(=S)N/N=C/c2c(-c3ccc(Br)cc3)[nH]c3ccccc23)cc1. The number of thiocarbonyl (C=S) groups is 1. The molecule has 31 heavy (non-hydrogen) atoms. The molecular formula is C24H22BrN5S. The number of aromatic nitrogens is 1. The van der Waals surface area contributed by atoms with Crippen molar-refractivity contribution in [2.45, 2.75) is 0 Å². The minimum atomic E-state index is 0.430. The molecule has 3 N–H and O–H groups in total. The number of hydrogen-bond donors (Lipinski definition) is 3. The lowest BCUT2D eigenvalue weighted by Crippen LogP contribution is -2.23. The Morgan fingerprint density at radius 1 is 1.00 bits per heavy atom. The molecule has 0 atom stereocenters. The highest BCUT2D eigenvalue weighted by molar-refractivity contribution is 9.10. The molecule has 4 aromatic rings. The highest BCUT2D eigenvalue weighted by Crippen LogP contribution is 2.30. The van der Waals surface area contributed by atoms with Gasteiger partial charge in [-0.3, -0.25) is 5.43 Å². The number of nitrogens with zero attached hydrogens (tertiary/aromatic N) is 2. The number of nitrogens with one attached hydrogen (secondary N) is 3. The van der Waals surface area contributed by atoms with E-state index in [0.29, 0.717) is 5.11 Å². The lowest BCUT2D eigenvalue weighted by molar-refractivity contribution is 1.05. The Bertz CT molecular complexity index is 1230. The smallest absolute Gasteiger partial charge is 0.191 e. The molecule has 7 heteroatoms. The van der Waals surface area contributed by atoms with Crippen LogP contribution < -0.4 is 15.6 Å². The molecule has 0 saturated carbocycles. The van der Waals surface area contributed by atoms with Crippen LogP contribution >= 0.6 is 28.1 Å². The van der Waals surface area contributed by atoms with Gasteiger partial charge in [0.15, 0.2) is 5.11 Å². The number of anilines is 2. The fourth-order valence-corrected chi connectivity index (χ4v) is 3.73. The van der Waals surface area contributed by atoms with Gasteiger partial charge in [-0.05, 0) is 60.2 Å². The topological polar surface area (TPSA) is 55.4 Å². The second kappa shape index (κ2) is 9.32. The van der Waals surface area contributed by atoms with Crippen LogP contribution in [0.25, 0.3) is 22.2 Å². The van der Waals surface area contributed by atoms with Crippen molar-refractivity contribution in [2.75, 3.05) is 24.3 Å². The number of halogens is 1. The molecule has 0 amide bonds. The van der Waals surface area contributed by atoms with Crippen LogP contribution in [-0.4, -0.2) is 30.4 Å². The van der Waals surface area contributed by atoms with Gasteiger partial charge in [0.1, 0.15) is 0 Å². The van der Waals surface area contributed by atoms with Crippen LogP contribution in [0.3, 0.4) is 0 Å². The van der Waals surface area contributed by atoms with Crippen LogP contribution in [0, 0.1) is 0 Å². The summed E-state index contributed by atoms with van der Waals surface area (Å²) in [6.45, 7) is 0. The Hall–Kier alpha value is -3.16. The van der Waals surface area contributed by atoms with Gasteiger partial charge in [0, 0.05) is 46.4 Å². The lowest BCUT2D eigenvalue weighted by Gasteiger charge is -2.13. The second-order valence-electron chi connectivity index (χ2n) is 7.23.